The molecule has 0 unspecified atom stereocenters. The van der Waals surface area contributed by atoms with Gasteiger partial charge in [0, 0.05) is 31.9 Å². The summed E-state index contributed by atoms with van der Waals surface area (Å²) in [5, 5.41) is 6.49. The molecule has 0 spiro atoms. The summed E-state index contributed by atoms with van der Waals surface area (Å²) >= 11 is 0. The van der Waals surface area contributed by atoms with Gasteiger partial charge in [0.15, 0.2) is 5.96 Å². The zero-order chi connectivity index (χ0) is 13.4. The van der Waals surface area contributed by atoms with Gasteiger partial charge in [0.05, 0.1) is 7.11 Å². The van der Waals surface area contributed by atoms with Gasteiger partial charge >= 0.3 is 0 Å². The minimum Gasteiger partial charge on any atom is -0.481 e. The molecule has 1 aromatic rings. The number of pyridine rings is 1. The Bertz CT molecular complexity index is 396. The fourth-order valence-corrected chi connectivity index (χ4v) is 1.44. The van der Waals surface area contributed by atoms with Crippen LogP contribution in [0.2, 0.25) is 0 Å². The van der Waals surface area contributed by atoms with Crippen molar-refractivity contribution < 1.29 is 4.74 Å². The molecule has 0 saturated carbocycles. The fraction of sp³-hybridized carbons (Fsp3) is 0.538. The summed E-state index contributed by atoms with van der Waals surface area (Å²) in [6.07, 6.45) is 1.72. The van der Waals surface area contributed by atoms with Crippen LogP contribution < -0.4 is 15.4 Å². The van der Waals surface area contributed by atoms with E-state index in [1.807, 2.05) is 12.1 Å². The molecule has 6 heteroatoms. The van der Waals surface area contributed by atoms with Crippen LogP contribution in [0.3, 0.4) is 0 Å². The van der Waals surface area contributed by atoms with Crippen molar-refractivity contribution in [1.82, 2.24) is 15.6 Å². The van der Waals surface area contributed by atoms with Crippen LogP contribution in [0.1, 0.15) is 19.4 Å². The molecule has 0 radical (unpaired) electrons. The number of halogens is 1. The zero-order valence-electron chi connectivity index (χ0n) is 11.9. The smallest absolute Gasteiger partial charge is 0.218 e. The van der Waals surface area contributed by atoms with Crippen LogP contribution in [0.15, 0.2) is 23.3 Å². The number of rotatable bonds is 5. The van der Waals surface area contributed by atoms with Gasteiger partial charge in [0.1, 0.15) is 0 Å². The van der Waals surface area contributed by atoms with E-state index in [2.05, 4.69) is 34.5 Å². The average molecular weight is 378 g/mol. The molecule has 0 saturated heterocycles. The summed E-state index contributed by atoms with van der Waals surface area (Å²) < 4.78 is 5.20. The highest BCUT2D eigenvalue weighted by Crippen LogP contribution is 2.12. The Morgan fingerprint density at radius 1 is 1.42 bits per heavy atom. The predicted molar refractivity (Wildman–Crippen MR) is 89.2 cm³/mol. The molecule has 1 heterocycles. The van der Waals surface area contributed by atoms with E-state index in [1.165, 1.54) is 0 Å². The lowest BCUT2D eigenvalue weighted by atomic mass is 10.2. The maximum Gasteiger partial charge on any atom is 0.218 e. The molecule has 0 aliphatic carbocycles. The molecule has 5 nitrogen and oxygen atoms in total. The first-order valence-corrected chi connectivity index (χ1v) is 6.09. The second-order valence-electron chi connectivity index (χ2n) is 4.37. The Kier molecular flexibility index (Phi) is 9.28. The maximum atomic E-state index is 5.20. The topological polar surface area (TPSA) is 58.5 Å². The van der Waals surface area contributed by atoms with Gasteiger partial charge in [0.25, 0.3) is 0 Å². The van der Waals surface area contributed by atoms with E-state index in [4.69, 9.17) is 4.74 Å². The van der Waals surface area contributed by atoms with Gasteiger partial charge < -0.3 is 15.4 Å². The third-order valence-corrected chi connectivity index (χ3v) is 2.39. The monoisotopic (exact) mass is 378 g/mol. The van der Waals surface area contributed by atoms with Crippen molar-refractivity contribution in [3.63, 3.8) is 0 Å². The number of hydrogen-bond acceptors (Lipinski definition) is 3. The molecule has 19 heavy (non-hydrogen) atoms. The summed E-state index contributed by atoms with van der Waals surface area (Å²) in [6, 6.07) is 3.87. The van der Waals surface area contributed by atoms with E-state index >= 15 is 0 Å². The van der Waals surface area contributed by atoms with Gasteiger partial charge in [-0.2, -0.15) is 0 Å². The number of nitrogens with zero attached hydrogens (tertiary/aromatic N) is 2. The number of hydrogen-bond donors (Lipinski definition) is 2. The van der Waals surface area contributed by atoms with E-state index in [0.29, 0.717) is 18.3 Å². The van der Waals surface area contributed by atoms with Gasteiger partial charge in [0.2, 0.25) is 5.88 Å². The first-order valence-electron chi connectivity index (χ1n) is 6.09. The second kappa shape index (κ2) is 9.82. The van der Waals surface area contributed by atoms with Crippen molar-refractivity contribution in [1.29, 1.82) is 0 Å². The van der Waals surface area contributed by atoms with Crippen molar-refractivity contribution in [2.24, 2.45) is 10.9 Å². The number of methoxy groups -OCH3 is 1. The molecule has 0 atom stereocenters. The molecular weight excluding hydrogens is 355 g/mol. The van der Waals surface area contributed by atoms with Crippen LogP contribution in [-0.4, -0.2) is 31.6 Å². The molecule has 108 valence electrons. The molecular formula is C13H23IN4O. The van der Waals surface area contributed by atoms with E-state index < -0.39 is 0 Å². The Morgan fingerprint density at radius 2 is 2.16 bits per heavy atom. The quantitative estimate of drug-likeness (QED) is 0.468. The van der Waals surface area contributed by atoms with Crippen LogP contribution in [0, 0.1) is 5.92 Å². The fourth-order valence-electron chi connectivity index (χ4n) is 1.44. The van der Waals surface area contributed by atoms with E-state index in [1.54, 1.807) is 20.4 Å². The normalized spacial score (nSPS) is 10.9. The highest BCUT2D eigenvalue weighted by Gasteiger charge is 2.04. The molecule has 1 aromatic heterocycles. The lowest BCUT2D eigenvalue weighted by Gasteiger charge is -2.14. The highest BCUT2D eigenvalue weighted by molar-refractivity contribution is 14.0. The number of ether oxygens (including phenoxy) is 1. The lowest BCUT2D eigenvalue weighted by Crippen LogP contribution is -2.38. The Morgan fingerprint density at radius 3 is 2.74 bits per heavy atom. The number of aliphatic imine (C=N–C) groups is 1. The maximum absolute atomic E-state index is 5.20. The molecule has 0 bridgehead atoms. The molecule has 0 aromatic carbocycles. The summed E-state index contributed by atoms with van der Waals surface area (Å²) in [4.78, 5) is 8.32. The van der Waals surface area contributed by atoms with Crippen molar-refractivity contribution in [2.45, 2.75) is 20.4 Å². The third kappa shape index (κ3) is 6.60. The van der Waals surface area contributed by atoms with Crippen molar-refractivity contribution >= 4 is 29.9 Å². The van der Waals surface area contributed by atoms with Crippen molar-refractivity contribution in [3.8, 4) is 5.88 Å². The SMILES string of the molecule is CN=C(NCc1cccnc1OC)NCC(C)C.I. The minimum absolute atomic E-state index is 0. The zero-order valence-corrected chi connectivity index (χ0v) is 14.3. The van der Waals surface area contributed by atoms with Crippen molar-refractivity contribution in [2.75, 3.05) is 20.7 Å². The Hall–Kier alpha value is -1.05. The van der Waals surface area contributed by atoms with Crippen LogP contribution in [-0.2, 0) is 6.54 Å². The van der Waals surface area contributed by atoms with E-state index in [9.17, 15) is 0 Å². The standard InChI is InChI=1S/C13H22N4O.HI/c1-10(2)8-16-13(14-3)17-9-11-6-5-7-15-12(11)18-4;/h5-7,10H,8-9H2,1-4H3,(H2,14,16,17);1H. The molecule has 0 aliphatic rings. The molecule has 2 N–H and O–H groups in total. The van der Waals surface area contributed by atoms with Crippen LogP contribution >= 0.6 is 24.0 Å². The Labute approximate surface area is 132 Å². The predicted octanol–water partition coefficient (Wildman–Crippen LogP) is 2.03. The third-order valence-electron chi connectivity index (χ3n) is 2.39. The number of nitrogens with one attached hydrogen (secondary N) is 2. The van der Waals surface area contributed by atoms with Crippen LogP contribution in [0.5, 0.6) is 5.88 Å². The summed E-state index contributed by atoms with van der Waals surface area (Å²) in [5.74, 6) is 2.01. The summed E-state index contributed by atoms with van der Waals surface area (Å²) in [7, 11) is 3.38. The van der Waals surface area contributed by atoms with E-state index in [-0.39, 0.29) is 24.0 Å². The second-order valence-corrected chi connectivity index (χ2v) is 4.37. The number of aromatic nitrogens is 1. The van der Waals surface area contributed by atoms with Gasteiger partial charge in [-0.05, 0) is 12.0 Å². The van der Waals surface area contributed by atoms with Gasteiger partial charge in [-0.25, -0.2) is 4.98 Å². The van der Waals surface area contributed by atoms with Gasteiger partial charge in [-0.1, -0.05) is 19.9 Å². The summed E-state index contributed by atoms with van der Waals surface area (Å²) in [5.41, 5.74) is 1.01. The van der Waals surface area contributed by atoms with E-state index in [0.717, 1.165) is 18.1 Å². The molecule has 0 aliphatic heterocycles. The average Bonchev–Trinajstić information content (AvgIpc) is 2.39. The van der Waals surface area contributed by atoms with Crippen molar-refractivity contribution in [3.05, 3.63) is 23.9 Å². The minimum atomic E-state index is 0. The van der Waals surface area contributed by atoms with Crippen LogP contribution in [0.4, 0.5) is 0 Å². The lowest BCUT2D eigenvalue weighted by molar-refractivity contribution is 0.392. The highest BCUT2D eigenvalue weighted by atomic mass is 127. The largest absolute Gasteiger partial charge is 0.481 e. The van der Waals surface area contributed by atoms with Gasteiger partial charge in [-0.3, -0.25) is 4.99 Å². The van der Waals surface area contributed by atoms with Gasteiger partial charge in [-0.15, -0.1) is 24.0 Å². The first-order chi connectivity index (χ1) is 8.67. The molecule has 0 amide bonds. The molecule has 1 rings (SSSR count). The molecule has 0 fully saturated rings. The first kappa shape index (κ1) is 17.9. The van der Waals surface area contributed by atoms with Crippen LogP contribution in [0.25, 0.3) is 0 Å². The Balaban J connectivity index is 0.00000324. The number of guanidine groups is 1. The summed E-state index contributed by atoms with van der Waals surface area (Å²) in [6.45, 7) is 5.84.